The van der Waals surface area contributed by atoms with E-state index in [2.05, 4.69) is 0 Å². The number of halogens is 1. The fourth-order valence-corrected chi connectivity index (χ4v) is 1.71. The Hall–Kier alpha value is -1.42. The first-order valence-electron chi connectivity index (χ1n) is 5.08. The molecule has 1 unspecified atom stereocenters. The average molecular weight is 258 g/mol. The molecule has 1 atom stereocenters. The summed E-state index contributed by atoms with van der Waals surface area (Å²) < 4.78 is 10.3. The Morgan fingerprint density at radius 2 is 1.82 bits per heavy atom. The first-order valence-corrected chi connectivity index (χ1v) is 5.52. The molecule has 0 aromatic heterocycles. The van der Waals surface area contributed by atoms with Crippen LogP contribution in [0.15, 0.2) is 18.2 Å². The van der Waals surface area contributed by atoms with Crippen LogP contribution < -0.4 is 9.47 Å². The Bertz CT molecular complexity index is 407. The molecule has 17 heavy (non-hydrogen) atoms. The molecule has 1 aromatic rings. The van der Waals surface area contributed by atoms with Crippen LogP contribution in [-0.2, 0) is 4.79 Å². The van der Waals surface area contributed by atoms with Crippen LogP contribution in [0.3, 0.4) is 0 Å². The average Bonchev–Trinajstić information content (AvgIpc) is 2.35. The third kappa shape index (κ3) is 3.03. The van der Waals surface area contributed by atoms with Gasteiger partial charge in [0.1, 0.15) is 5.38 Å². The van der Waals surface area contributed by atoms with Crippen LogP contribution in [0.1, 0.15) is 10.9 Å². The Kier molecular flexibility index (Phi) is 4.63. The Morgan fingerprint density at radius 1 is 1.24 bits per heavy atom. The summed E-state index contributed by atoms with van der Waals surface area (Å²) in [5.74, 6) is 0.999. The molecule has 94 valence electrons. The number of hydrogen-bond acceptors (Lipinski definition) is 3. The van der Waals surface area contributed by atoms with Crippen molar-refractivity contribution in [2.24, 2.45) is 0 Å². The first-order chi connectivity index (χ1) is 8.01. The molecule has 0 aliphatic carbocycles. The number of likely N-dealkylation sites (N-methyl/N-ethyl adjacent to an activating group) is 1. The van der Waals surface area contributed by atoms with Crippen molar-refractivity contribution in [1.29, 1.82) is 0 Å². The lowest BCUT2D eigenvalue weighted by molar-refractivity contribution is -0.128. The van der Waals surface area contributed by atoms with Crippen LogP contribution in [0.2, 0.25) is 0 Å². The summed E-state index contributed by atoms with van der Waals surface area (Å²) in [4.78, 5) is 13.2. The number of hydrogen-bond donors (Lipinski definition) is 0. The number of carbonyl (C=O) groups excluding carboxylic acids is 1. The van der Waals surface area contributed by atoms with Crippen molar-refractivity contribution >= 4 is 17.5 Å². The number of nitrogens with zero attached hydrogens (tertiary/aromatic N) is 1. The molecule has 4 nitrogen and oxygen atoms in total. The minimum absolute atomic E-state index is 0.168. The molecular weight excluding hydrogens is 242 g/mol. The van der Waals surface area contributed by atoms with E-state index in [0.29, 0.717) is 17.1 Å². The molecule has 1 amide bonds. The molecule has 0 spiro atoms. The lowest BCUT2D eigenvalue weighted by Gasteiger charge is -2.16. The highest BCUT2D eigenvalue weighted by Gasteiger charge is 2.20. The predicted molar refractivity (Wildman–Crippen MR) is 66.8 cm³/mol. The summed E-state index contributed by atoms with van der Waals surface area (Å²) in [7, 11) is 6.43. The molecule has 0 fully saturated rings. The number of ether oxygens (including phenoxy) is 2. The second kappa shape index (κ2) is 5.77. The third-order valence-corrected chi connectivity index (χ3v) is 2.80. The van der Waals surface area contributed by atoms with E-state index in [9.17, 15) is 4.79 Å². The topological polar surface area (TPSA) is 38.8 Å². The first kappa shape index (κ1) is 13.6. The Balaban J connectivity index is 3.03. The molecule has 0 saturated carbocycles. The summed E-state index contributed by atoms with van der Waals surface area (Å²) in [5, 5.41) is -0.718. The van der Waals surface area contributed by atoms with Gasteiger partial charge in [0.15, 0.2) is 11.5 Å². The number of benzene rings is 1. The van der Waals surface area contributed by atoms with Crippen LogP contribution in [0.25, 0.3) is 0 Å². The molecule has 1 rings (SSSR count). The number of rotatable bonds is 4. The number of amides is 1. The fourth-order valence-electron chi connectivity index (χ4n) is 1.38. The van der Waals surface area contributed by atoms with Crippen LogP contribution in [-0.4, -0.2) is 39.1 Å². The van der Waals surface area contributed by atoms with Gasteiger partial charge >= 0.3 is 0 Å². The van der Waals surface area contributed by atoms with E-state index in [1.165, 1.54) is 4.90 Å². The SMILES string of the molecule is COc1ccc(C(Cl)C(=O)N(C)C)cc1OC. The zero-order valence-corrected chi connectivity index (χ0v) is 11.1. The van der Waals surface area contributed by atoms with E-state index in [4.69, 9.17) is 21.1 Å². The van der Waals surface area contributed by atoms with Gasteiger partial charge in [0.05, 0.1) is 14.2 Å². The second-order valence-electron chi connectivity index (χ2n) is 3.71. The number of carbonyl (C=O) groups is 1. The third-order valence-electron chi connectivity index (χ3n) is 2.36. The maximum atomic E-state index is 11.7. The van der Waals surface area contributed by atoms with Crippen LogP contribution in [0, 0.1) is 0 Å². The van der Waals surface area contributed by atoms with Gasteiger partial charge in [-0.3, -0.25) is 4.79 Å². The highest BCUT2D eigenvalue weighted by Crippen LogP contribution is 2.32. The normalized spacial score (nSPS) is 11.8. The lowest BCUT2D eigenvalue weighted by atomic mass is 10.1. The molecule has 0 bridgehead atoms. The van der Waals surface area contributed by atoms with Crippen LogP contribution in [0.5, 0.6) is 11.5 Å². The number of alkyl halides is 1. The van der Waals surface area contributed by atoms with Gasteiger partial charge in [-0.2, -0.15) is 0 Å². The highest BCUT2D eigenvalue weighted by atomic mass is 35.5. The summed E-state index contributed by atoms with van der Waals surface area (Å²) in [5.41, 5.74) is 0.683. The predicted octanol–water partition coefficient (Wildman–Crippen LogP) is 2.07. The monoisotopic (exact) mass is 257 g/mol. The molecule has 0 aliphatic heterocycles. The maximum absolute atomic E-state index is 11.7. The van der Waals surface area contributed by atoms with E-state index >= 15 is 0 Å². The van der Waals surface area contributed by atoms with Crippen molar-refractivity contribution in [3.05, 3.63) is 23.8 Å². The maximum Gasteiger partial charge on any atom is 0.244 e. The zero-order chi connectivity index (χ0) is 13.0. The van der Waals surface area contributed by atoms with E-state index < -0.39 is 5.38 Å². The minimum Gasteiger partial charge on any atom is -0.493 e. The van der Waals surface area contributed by atoms with Crippen molar-refractivity contribution in [1.82, 2.24) is 4.90 Å². The van der Waals surface area contributed by atoms with Gasteiger partial charge in [0.2, 0.25) is 5.91 Å². The molecule has 0 N–H and O–H groups in total. The summed E-state index contributed by atoms with van der Waals surface area (Å²) in [6.45, 7) is 0. The summed E-state index contributed by atoms with van der Waals surface area (Å²) >= 11 is 6.09. The molecule has 0 radical (unpaired) electrons. The van der Waals surface area contributed by atoms with E-state index in [1.54, 1.807) is 46.5 Å². The van der Waals surface area contributed by atoms with E-state index in [-0.39, 0.29) is 5.91 Å². The van der Waals surface area contributed by atoms with Crippen molar-refractivity contribution in [3.8, 4) is 11.5 Å². The molecule has 0 heterocycles. The highest BCUT2D eigenvalue weighted by molar-refractivity contribution is 6.30. The van der Waals surface area contributed by atoms with Gasteiger partial charge in [-0.25, -0.2) is 0 Å². The second-order valence-corrected chi connectivity index (χ2v) is 4.15. The number of methoxy groups -OCH3 is 2. The van der Waals surface area contributed by atoms with Gasteiger partial charge in [0.25, 0.3) is 0 Å². The fraction of sp³-hybridized carbons (Fsp3) is 0.417. The van der Waals surface area contributed by atoms with E-state index in [1.807, 2.05) is 0 Å². The van der Waals surface area contributed by atoms with Gasteiger partial charge in [-0.05, 0) is 17.7 Å². The zero-order valence-electron chi connectivity index (χ0n) is 10.4. The molecular formula is C12H16ClNO3. The molecule has 5 heteroatoms. The molecule has 1 aromatic carbocycles. The molecule has 0 aliphatic rings. The van der Waals surface area contributed by atoms with Crippen molar-refractivity contribution in [2.45, 2.75) is 5.38 Å². The van der Waals surface area contributed by atoms with Gasteiger partial charge in [-0.15, -0.1) is 11.6 Å². The summed E-state index contributed by atoms with van der Waals surface area (Å²) in [6.07, 6.45) is 0. The van der Waals surface area contributed by atoms with Crippen LogP contribution in [0.4, 0.5) is 0 Å². The van der Waals surface area contributed by atoms with Gasteiger partial charge in [-0.1, -0.05) is 6.07 Å². The van der Waals surface area contributed by atoms with E-state index in [0.717, 1.165) is 0 Å². The largest absolute Gasteiger partial charge is 0.493 e. The van der Waals surface area contributed by atoms with Crippen LogP contribution >= 0.6 is 11.6 Å². The standard InChI is InChI=1S/C12H16ClNO3/c1-14(2)12(15)11(13)8-5-6-9(16-3)10(7-8)17-4/h5-7,11H,1-4H3. The van der Waals surface area contributed by atoms with Gasteiger partial charge < -0.3 is 14.4 Å². The lowest BCUT2D eigenvalue weighted by Crippen LogP contribution is -2.25. The smallest absolute Gasteiger partial charge is 0.244 e. The quantitative estimate of drug-likeness (QED) is 0.775. The Morgan fingerprint density at radius 3 is 2.29 bits per heavy atom. The Labute approximate surface area is 106 Å². The van der Waals surface area contributed by atoms with Gasteiger partial charge in [0, 0.05) is 14.1 Å². The molecule has 0 saturated heterocycles. The summed E-state index contributed by atoms with van der Waals surface area (Å²) in [6, 6.07) is 5.19. The van der Waals surface area contributed by atoms with Crippen molar-refractivity contribution in [3.63, 3.8) is 0 Å². The minimum atomic E-state index is -0.718. The van der Waals surface area contributed by atoms with Crippen molar-refractivity contribution < 1.29 is 14.3 Å². The van der Waals surface area contributed by atoms with Crippen molar-refractivity contribution in [2.75, 3.05) is 28.3 Å².